The molecule has 0 radical (unpaired) electrons. The topological polar surface area (TPSA) is 48.7 Å². The van der Waals surface area contributed by atoms with E-state index in [4.69, 9.17) is 4.99 Å². The van der Waals surface area contributed by atoms with Gasteiger partial charge in [0.25, 0.3) is 0 Å². The maximum absolute atomic E-state index is 4.94. The molecule has 0 spiro atoms. The Kier molecular flexibility index (Phi) is 6.27. The van der Waals surface area contributed by atoms with Gasteiger partial charge in [0.1, 0.15) is 0 Å². The van der Waals surface area contributed by atoms with Gasteiger partial charge in [-0.3, -0.25) is 9.67 Å². The van der Waals surface area contributed by atoms with Crippen LogP contribution in [-0.4, -0.2) is 72.4 Å². The Bertz CT molecular complexity index is 545. The van der Waals surface area contributed by atoms with Gasteiger partial charge in [0, 0.05) is 51.9 Å². The molecule has 1 aliphatic heterocycles. The van der Waals surface area contributed by atoms with E-state index in [2.05, 4.69) is 61.3 Å². The molecule has 0 aliphatic carbocycles. The normalized spacial score (nSPS) is 19.4. The summed E-state index contributed by atoms with van der Waals surface area (Å²) in [5, 5.41) is 7.78. The third kappa shape index (κ3) is 5.23. The third-order valence-electron chi connectivity index (χ3n) is 4.42. The van der Waals surface area contributed by atoms with E-state index < -0.39 is 0 Å². The number of nitrogens with zero attached hydrogens (tertiary/aromatic N) is 5. The van der Waals surface area contributed by atoms with Crippen molar-refractivity contribution in [2.45, 2.75) is 33.1 Å². The standard InChI is InChI=1S/C18H34N6/c1-7-19-17(20-13-18(2,3)14-22(4)5)24-9-8-15(12-24)16-10-21-23(6)11-16/h10-11,15H,7-9,12-14H2,1-6H3,(H,19,20). The molecule has 2 rings (SSSR count). The molecule has 24 heavy (non-hydrogen) atoms. The molecular formula is C18H34N6. The van der Waals surface area contributed by atoms with E-state index in [0.717, 1.165) is 45.1 Å². The SMILES string of the molecule is CCNC(=NCC(C)(C)CN(C)C)N1CCC(c2cnn(C)c2)C1. The third-order valence-corrected chi connectivity index (χ3v) is 4.42. The lowest BCUT2D eigenvalue weighted by atomic mass is 9.93. The van der Waals surface area contributed by atoms with Gasteiger partial charge in [0.2, 0.25) is 0 Å². The van der Waals surface area contributed by atoms with Gasteiger partial charge in [0.05, 0.1) is 6.20 Å². The molecule has 1 N–H and O–H groups in total. The number of nitrogens with one attached hydrogen (secondary N) is 1. The minimum absolute atomic E-state index is 0.173. The highest BCUT2D eigenvalue weighted by Gasteiger charge is 2.27. The van der Waals surface area contributed by atoms with Gasteiger partial charge in [-0.25, -0.2) is 0 Å². The first-order valence-corrected chi connectivity index (χ1v) is 8.97. The number of aryl methyl sites for hydroxylation is 1. The van der Waals surface area contributed by atoms with Crippen LogP contribution in [0.25, 0.3) is 0 Å². The van der Waals surface area contributed by atoms with Crippen LogP contribution in [0.1, 0.15) is 38.7 Å². The highest BCUT2D eigenvalue weighted by atomic mass is 15.3. The van der Waals surface area contributed by atoms with Crippen molar-refractivity contribution in [3.63, 3.8) is 0 Å². The number of guanidine groups is 1. The van der Waals surface area contributed by atoms with Crippen molar-refractivity contribution in [1.29, 1.82) is 0 Å². The van der Waals surface area contributed by atoms with Crippen molar-refractivity contribution in [2.75, 3.05) is 46.8 Å². The van der Waals surface area contributed by atoms with Crippen LogP contribution >= 0.6 is 0 Å². The fourth-order valence-electron chi connectivity index (χ4n) is 3.50. The fraction of sp³-hybridized carbons (Fsp3) is 0.778. The molecule has 1 fully saturated rings. The van der Waals surface area contributed by atoms with Gasteiger partial charge < -0.3 is 15.1 Å². The van der Waals surface area contributed by atoms with Crippen molar-refractivity contribution >= 4 is 5.96 Å². The summed E-state index contributed by atoms with van der Waals surface area (Å²) in [5.41, 5.74) is 1.51. The van der Waals surface area contributed by atoms with Gasteiger partial charge in [-0.1, -0.05) is 13.8 Å². The van der Waals surface area contributed by atoms with Gasteiger partial charge in [-0.2, -0.15) is 5.10 Å². The number of aliphatic imine (C=N–C) groups is 1. The Hall–Kier alpha value is -1.56. The summed E-state index contributed by atoms with van der Waals surface area (Å²) in [4.78, 5) is 9.57. The maximum atomic E-state index is 4.94. The maximum Gasteiger partial charge on any atom is 0.193 e. The van der Waals surface area contributed by atoms with Crippen LogP contribution in [0, 0.1) is 5.41 Å². The molecule has 6 nitrogen and oxygen atoms in total. The van der Waals surface area contributed by atoms with Gasteiger partial charge >= 0.3 is 0 Å². The molecule has 1 aliphatic rings. The Labute approximate surface area is 146 Å². The second-order valence-electron chi connectivity index (χ2n) is 7.95. The van der Waals surface area contributed by atoms with Crippen LogP contribution in [-0.2, 0) is 7.05 Å². The number of rotatable bonds is 6. The van der Waals surface area contributed by atoms with Crippen LogP contribution in [0.3, 0.4) is 0 Å². The first-order valence-electron chi connectivity index (χ1n) is 8.97. The van der Waals surface area contributed by atoms with Gasteiger partial charge in [0.15, 0.2) is 5.96 Å². The van der Waals surface area contributed by atoms with Crippen LogP contribution in [0.4, 0.5) is 0 Å². The number of hydrogen-bond donors (Lipinski definition) is 1. The highest BCUT2D eigenvalue weighted by Crippen LogP contribution is 2.27. The van der Waals surface area contributed by atoms with Crippen molar-refractivity contribution in [3.8, 4) is 0 Å². The number of likely N-dealkylation sites (tertiary alicyclic amines) is 1. The Balaban J connectivity index is 2.01. The van der Waals surface area contributed by atoms with Crippen LogP contribution in [0.5, 0.6) is 0 Å². The van der Waals surface area contributed by atoms with E-state index in [-0.39, 0.29) is 5.41 Å². The minimum Gasteiger partial charge on any atom is -0.357 e. The minimum atomic E-state index is 0.173. The molecule has 2 heterocycles. The molecule has 1 aromatic rings. The highest BCUT2D eigenvalue weighted by molar-refractivity contribution is 5.80. The molecule has 1 unspecified atom stereocenters. The summed E-state index contributed by atoms with van der Waals surface area (Å²) in [6.45, 7) is 11.5. The summed E-state index contributed by atoms with van der Waals surface area (Å²) < 4.78 is 1.89. The molecule has 0 amide bonds. The van der Waals surface area contributed by atoms with Crippen molar-refractivity contribution in [2.24, 2.45) is 17.5 Å². The van der Waals surface area contributed by atoms with E-state index in [1.807, 2.05) is 17.9 Å². The average Bonchev–Trinajstić information content (AvgIpc) is 3.10. The summed E-state index contributed by atoms with van der Waals surface area (Å²) in [6, 6.07) is 0. The Morgan fingerprint density at radius 2 is 2.21 bits per heavy atom. The first-order chi connectivity index (χ1) is 11.3. The predicted molar refractivity (Wildman–Crippen MR) is 100 cm³/mol. The smallest absolute Gasteiger partial charge is 0.193 e. The molecule has 0 bridgehead atoms. The number of aromatic nitrogens is 2. The zero-order chi connectivity index (χ0) is 17.7. The molecule has 1 aromatic heterocycles. The van der Waals surface area contributed by atoms with Gasteiger partial charge in [-0.15, -0.1) is 0 Å². The molecule has 1 atom stereocenters. The molecule has 6 heteroatoms. The van der Waals surface area contributed by atoms with E-state index >= 15 is 0 Å². The zero-order valence-corrected chi connectivity index (χ0v) is 16.2. The zero-order valence-electron chi connectivity index (χ0n) is 16.2. The van der Waals surface area contributed by atoms with Crippen LogP contribution in [0.15, 0.2) is 17.4 Å². The Morgan fingerprint density at radius 1 is 1.46 bits per heavy atom. The molecule has 1 saturated heterocycles. The summed E-state index contributed by atoms with van der Waals surface area (Å²) >= 11 is 0. The lowest BCUT2D eigenvalue weighted by Gasteiger charge is -2.28. The first kappa shape index (κ1) is 18.8. The van der Waals surface area contributed by atoms with Crippen molar-refractivity contribution in [3.05, 3.63) is 18.0 Å². The second kappa shape index (κ2) is 8.01. The van der Waals surface area contributed by atoms with Crippen molar-refractivity contribution < 1.29 is 0 Å². The summed E-state index contributed by atoms with van der Waals surface area (Å²) in [6.07, 6.45) is 5.30. The summed E-state index contributed by atoms with van der Waals surface area (Å²) in [5.74, 6) is 1.60. The quantitative estimate of drug-likeness (QED) is 0.636. The number of hydrogen-bond acceptors (Lipinski definition) is 3. The fourth-order valence-corrected chi connectivity index (χ4v) is 3.50. The Morgan fingerprint density at radius 3 is 2.79 bits per heavy atom. The average molecular weight is 335 g/mol. The monoisotopic (exact) mass is 334 g/mol. The lowest BCUT2D eigenvalue weighted by molar-refractivity contribution is 0.248. The molecular weight excluding hydrogens is 300 g/mol. The van der Waals surface area contributed by atoms with Crippen molar-refractivity contribution in [1.82, 2.24) is 24.9 Å². The van der Waals surface area contributed by atoms with E-state index in [1.165, 1.54) is 5.56 Å². The van der Waals surface area contributed by atoms with E-state index in [9.17, 15) is 0 Å². The predicted octanol–water partition coefficient (Wildman–Crippen LogP) is 1.76. The second-order valence-corrected chi connectivity index (χ2v) is 7.95. The lowest BCUT2D eigenvalue weighted by Crippen LogP contribution is -2.41. The molecule has 0 aromatic carbocycles. The molecule has 0 saturated carbocycles. The molecule has 136 valence electrons. The van der Waals surface area contributed by atoms with E-state index in [0.29, 0.717) is 5.92 Å². The van der Waals surface area contributed by atoms with Gasteiger partial charge in [-0.05, 0) is 38.4 Å². The van der Waals surface area contributed by atoms with Crippen LogP contribution < -0.4 is 5.32 Å². The summed E-state index contributed by atoms with van der Waals surface area (Å²) in [7, 11) is 6.22. The van der Waals surface area contributed by atoms with E-state index in [1.54, 1.807) is 0 Å². The van der Waals surface area contributed by atoms with Crippen LogP contribution in [0.2, 0.25) is 0 Å². The largest absolute Gasteiger partial charge is 0.357 e.